The number of aromatic nitrogens is 5. The van der Waals surface area contributed by atoms with E-state index >= 15 is 0 Å². The molecule has 0 N–H and O–H groups in total. The molecular formula is C17H14BF2N7OS. The maximum absolute atomic E-state index is 13.4. The Kier molecular flexibility index (Phi) is 4.30. The average Bonchev–Trinajstić information content (AvgIpc) is 3.33. The summed E-state index contributed by atoms with van der Waals surface area (Å²) in [7, 11) is 5.57. The molecule has 5 rings (SSSR count). The molecular weight excluding hydrogens is 399 g/mol. The Bertz CT molecular complexity index is 1100. The second-order valence-corrected chi connectivity index (χ2v) is 7.71. The lowest BCUT2D eigenvalue weighted by molar-refractivity contribution is 0.0708. The van der Waals surface area contributed by atoms with Gasteiger partial charge < -0.3 is 14.4 Å². The Hall–Kier alpha value is -2.89. The van der Waals surface area contributed by atoms with Gasteiger partial charge in [0.2, 0.25) is 5.95 Å². The maximum atomic E-state index is 13.4. The number of carbonyl (C=O) groups excluding carboxylic acids is 1. The quantitative estimate of drug-likeness (QED) is 0.584. The van der Waals surface area contributed by atoms with Crippen LogP contribution in [0.25, 0.3) is 10.8 Å². The van der Waals surface area contributed by atoms with E-state index < -0.39 is 12.0 Å². The number of amides is 1. The lowest BCUT2D eigenvalue weighted by atomic mass is 9.93. The number of hydrogen-bond donors (Lipinski definition) is 0. The van der Waals surface area contributed by atoms with Crippen molar-refractivity contribution in [3.63, 3.8) is 0 Å². The molecule has 0 aliphatic carbocycles. The standard InChI is InChI=1S/C17H14BF2N7OS/c18-11-5-9(1-2-12(11)20)16(28)25-3-4-27-13(8-25)22-23-14(27)15-21-17(24-29-15)26-6-10(19)7-26/h1-2,5,10H,3-4,6-8H2. The highest BCUT2D eigenvalue weighted by Crippen LogP contribution is 2.28. The first-order valence-electron chi connectivity index (χ1n) is 8.99. The van der Waals surface area contributed by atoms with Gasteiger partial charge in [-0.05, 0) is 23.7 Å². The van der Waals surface area contributed by atoms with Crippen molar-refractivity contribution in [3.05, 3.63) is 35.4 Å². The van der Waals surface area contributed by atoms with Gasteiger partial charge in [-0.1, -0.05) is 11.5 Å². The van der Waals surface area contributed by atoms with Gasteiger partial charge in [0.25, 0.3) is 5.91 Å². The average molecular weight is 413 g/mol. The normalized spacial score (nSPS) is 16.6. The van der Waals surface area contributed by atoms with Crippen LogP contribution in [0.15, 0.2) is 18.2 Å². The highest BCUT2D eigenvalue weighted by molar-refractivity contribution is 7.09. The molecule has 2 aromatic heterocycles. The number of carbonyl (C=O) groups is 1. The molecule has 2 aliphatic heterocycles. The Morgan fingerprint density at radius 1 is 1.24 bits per heavy atom. The van der Waals surface area contributed by atoms with Crippen LogP contribution in [-0.4, -0.2) is 68.6 Å². The van der Waals surface area contributed by atoms with Crippen molar-refractivity contribution in [2.75, 3.05) is 24.5 Å². The number of nitrogens with zero attached hydrogens (tertiary/aromatic N) is 7. The van der Waals surface area contributed by atoms with Crippen LogP contribution in [0.1, 0.15) is 16.2 Å². The largest absolute Gasteiger partial charge is 0.334 e. The number of rotatable bonds is 3. The Morgan fingerprint density at radius 2 is 2.07 bits per heavy atom. The first kappa shape index (κ1) is 18.2. The van der Waals surface area contributed by atoms with Gasteiger partial charge >= 0.3 is 0 Å². The summed E-state index contributed by atoms with van der Waals surface area (Å²) < 4.78 is 32.6. The summed E-state index contributed by atoms with van der Waals surface area (Å²) in [5.41, 5.74) is 0.262. The minimum atomic E-state index is -0.831. The smallest absolute Gasteiger partial charge is 0.254 e. The number of benzene rings is 1. The first-order chi connectivity index (χ1) is 14.0. The maximum Gasteiger partial charge on any atom is 0.254 e. The molecule has 0 unspecified atom stereocenters. The molecule has 4 heterocycles. The van der Waals surface area contributed by atoms with Crippen molar-refractivity contribution >= 4 is 36.7 Å². The van der Waals surface area contributed by atoms with Crippen LogP contribution in [-0.2, 0) is 13.1 Å². The van der Waals surface area contributed by atoms with Crippen molar-refractivity contribution in [3.8, 4) is 10.8 Å². The van der Waals surface area contributed by atoms with Crippen LogP contribution in [0, 0.1) is 5.82 Å². The SMILES string of the molecule is [B]c1cc(C(=O)N2CCn3c(nnc3-c3nc(N4CC(F)C4)ns3)C2)ccc1F. The van der Waals surface area contributed by atoms with Crippen LogP contribution >= 0.6 is 11.5 Å². The van der Waals surface area contributed by atoms with Crippen molar-refractivity contribution in [1.29, 1.82) is 0 Å². The summed E-state index contributed by atoms with van der Waals surface area (Å²) in [6, 6.07) is 3.94. The number of alkyl halides is 1. The van der Waals surface area contributed by atoms with E-state index in [0.717, 1.165) is 0 Å². The zero-order valence-corrected chi connectivity index (χ0v) is 15.9. The molecule has 0 atom stereocenters. The van der Waals surface area contributed by atoms with Gasteiger partial charge in [-0.3, -0.25) is 4.79 Å². The fourth-order valence-corrected chi connectivity index (χ4v) is 4.05. The van der Waals surface area contributed by atoms with Crippen LogP contribution < -0.4 is 10.4 Å². The third-order valence-electron chi connectivity index (χ3n) is 5.01. The topological polar surface area (TPSA) is 80.0 Å². The van der Waals surface area contributed by atoms with Crippen LogP contribution in [0.3, 0.4) is 0 Å². The number of hydrogen-bond acceptors (Lipinski definition) is 7. The van der Waals surface area contributed by atoms with Gasteiger partial charge in [-0.25, -0.2) is 8.78 Å². The molecule has 2 radical (unpaired) electrons. The predicted octanol–water partition coefficient (Wildman–Crippen LogP) is 0.544. The molecule has 0 saturated carbocycles. The van der Waals surface area contributed by atoms with Crippen molar-refractivity contribution in [2.45, 2.75) is 19.3 Å². The second kappa shape index (κ2) is 6.87. The Balaban J connectivity index is 1.34. The van der Waals surface area contributed by atoms with Crippen molar-refractivity contribution < 1.29 is 13.6 Å². The van der Waals surface area contributed by atoms with Gasteiger partial charge in [0.1, 0.15) is 19.8 Å². The van der Waals surface area contributed by atoms with E-state index in [0.29, 0.717) is 54.3 Å². The molecule has 2 aliphatic rings. The molecule has 0 spiro atoms. The Morgan fingerprint density at radius 3 is 2.83 bits per heavy atom. The fourth-order valence-electron chi connectivity index (χ4n) is 3.37. The summed E-state index contributed by atoms with van der Waals surface area (Å²) in [6.07, 6.45) is -0.831. The van der Waals surface area contributed by atoms with Gasteiger partial charge in [-0.2, -0.15) is 9.36 Å². The molecule has 3 aromatic rings. The van der Waals surface area contributed by atoms with Crippen LogP contribution in [0.2, 0.25) is 0 Å². The fraction of sp³-hybridized carbons (Fsp3) is 0.353. The lowest BCUT2D eigenvalue weighted by Gasteiger charge is -2.33. The van der Waals surface area contributed by atoms with E-state index in [1.54, 1.807) is 9.80 Å². The summed E-state index contributed by atoms with van der Waals surface area (Å²) in [4.78, 5) is 20.6. The molecule has 1 amide bonds. The third-order valence-corrected chi connectivity index (χ3v) is 5.71. The molecule has 1 aromatic carbocycles. The van der Waals surface area contributed by atoms with E-state index in [-0.39, 0.29) is 17.9 Å². The van der Waals surface area contributed by atoms with E-state index in [2.05, 4.69) is 19.6 Å². The summed E-state index contributed by atoms with van der Waals surface area (Å²) in [5.74, 6) is 0.904. The van der Waals surface area contributed by atoms with E-state index in [4.69, 9.17) is 7.85 Å². The first-order valence-corrected chi connectivity index (χ1v) is 9.76. The van der Waals surface area contributed by atoms with Gasteiger partial charge in [-0.15, -0.1) is 10.2 Å². The monoisotopic (exact) mass is 413 g/mol. The molecule has 8 nitrogen and oxygen atoms in total. The minimum Gasteiger partial charge on any atom is -0.334 e. The Labute approximate surface area is 169 Å². The summed E-state index contributed by atoms with van der Waals surface area (Å²) in [5, 5.41) is 9.01. The summed E-state index contributed by atoms with van der Waals surface area (Å²) >= 11 is 1.19. The number of anilines is 1. The zero-order valence-electron chi connectivity index (χ0n) is 15.1. The molecule has 1 saturated heterocycles. The highest BCUT2D eigenvalue weighted by atomic mass is 32.1. The highest BCUT2D eigenvalue weighted by Gasteiger charge is 2.31. The lowest BCUT2D eigenvalue weighted by Crippen LogP contribution is -2.48. The van der Waals surface area contributed by atoms with E-state index in [9.17, 15) is 13.6 Å². The van der Waals surface area contributed by atoms with Gasteiger partial charge in [0.15, 0.2) is 16.7 Å². The van der Waals surface area contributed by atoms with E-state index in [1.165, 1.54) is 29.7 Å². The minimum absolute atomic E-state index is 0.0633. The zero-order chi connectivity index (χ0) is 20.1. The summed E-state index contributed by atoms with van der Waals surface area (Å²) in [6.45, 7) is 1.81. The molecule has 12 heteroatoms. The van der Waals surface area contributed by atoms with E-state index in [1.807, 2.05) is 4.57 Å². The molecule has 146 valence electrons. The third kappa shape index (κ3) is 3.16. The molecule has 1 fully saturated rings. The molecule has 0 bridgehead atoms. The van der Waals surface area contributed by atoms with Crippen molar-refractivity contribution in [1.82, 2.24) is 29.0 Å². The molecule has 29 heavy (non-hydrogen) atoms. The number of fused-ring (bicyclic) bond motifs is 1. The van der Waals surface area contributed by atoms with Crippen molar-refractivity contribution in [2.24, 2.45) is 0 Å². The van der Waals surface area contributed by atoms with Gasteiger partial charge in [0.05, 0.1) is 19.6 Å². The van der Waals surface area contributed by atoms with Gasteiger partial charge in [0, 0.05) is 18.7 Å². The van der Waals surface area contributed by atoms with Crippen LogP contribution in [0.4, 0.5) is 14.7 Å². The predicted molar refractivity (Wildman–Crippen MR) is 103 cm³/mol. The second-order valence-electron chi connectivity index (χ2n) is 6.96. The number of halogens is 2. The van der Waals surface area contributed by atoms with Crippen LogP contribution in [0.5, 0.6) is 0 Å².